The molecule has 0 spiro atoms. The number of aromatic nitrogens is 2. The zero-order valence-electron chi connectivity index (χ0n) is 26.1. The number of nitrogens with zero attached hydrogens (tertiary/aromatic N) is 2. The molecule has 1 aromatic heterocycles. The van der Waals surface area contributed by atoms with Crippen molar-refractivity contribution in [3.8, 4) is 79.2 Å². The Morgan fingerprint density at radius 1 is 0.447 bits per heavy atom. The van der Waals surface area contributed by atoms with Gasteiger partial charge < -0.3 is 9.47 Å². The first-order valence-corrected chi connectivity index (χ1v) is 15.9. The molecule has 2 heterocycles. The first-order valence-electron chi connectivity index (χ1n) is 15.9. The van der Waals surface area contributed by atoms with Crippen molar-refractivity contribution in [2.45, 2.75) is 19.3 Å². The number of hydrogen-bond donors (Lipinski definition) is 0. The van der Waals surface area contributed by atoms with Gasteiger partial charge in [-0.15, -0.1) is 0 Å². The average Bonchev–Trinajstić information content (AvgIpc) is 3.37. The minimum Gasteiger partial charge on any atom is -0.449 e. The van der Waals surface area contributed by atoms with Gasteiger partial charge in [-0.05, 0) is 52.1 Å². The summed E-state index contributed by atoms with van der Waals surface area (Å²) in [4.78, 5) is 10.1. The van der Waals surface area contributed by atoms with Crippen LogP contribution in [0.5, 0.6) is 23.0 Å². The van der Waals surface area contributed by atoms with E-state index in [1.54, 1.807) is 0 Å². The topological polar surface area (TPSA) is 44.2 Å². The third-order valence-corrected chi connectivity index (χ3v) is 9.38. The van der Waals surface area contributed by atoms with Crippen LogP contribution in [0.25, 0.3) is 56.2 Å². The van der Waals surface area contributed by atoms with Gasteiger partial charge in [0, 0.05) is 27.7 Å². The first-order chi connectivity index (χ1) is 23.0. The molecule has 0 atom stereocenters. The van der Waals surface area contributed by atoms with Crippen LogP contribution < -0.4 is 9.47 Å². The molecule has 7 aromatic rings. The molecule has 4 heteroatoms. The molecule has 0 N–H and O–H groups in total. The van der Waals surface area contributed by atoms with E-state index in [-0.39, 0.29) is 5.41 Å². The lowest BCUT2D eigenvalue weighted by Crippen LogP contribution is -2.15. The van der Waals surface area contributed by atoms with Crippen molar-refractivity contribution in [3.63, 3.8) is 0 Å². The van der Waals surface area contributed by atoms with Gasteiger partial charge in [0.1, 0.15) is 0 Å². The van der Waals surface area contributed by atoms with E-state index >= 15 is 0 Å². The Morgan fingerprint density at radius 3 is 1.87 bits per heavy atom. The zero-order valence-corrected chi connectivity index (χ0v) is 26.1. The molecule has 0 amide bonds. The maximum absolute atomic E-state index is 6.66. The van der Waals surface area contributed by atoms with Crippen LogP contribution in [0.3, 0.4) is 0 Å². The Labute approximate surface area is 274 Å². The van der Waals surface area contributed by atoms with E-state index in [0.717, 1.165) is 56.3 Å². The van der Waals surface area contributed by atoms with E-state index in [1.165, 1.54) is 16.7 Å². The fourth-order valence-electron chi connectivity index (χ4n) is 7.01. The van der Waals surface area contributed by atoms with Gasteiger partial charge in [-0.3, -0.25) is 0 Å². The number of fused-ring (bicyclic) bond motifs is 6. The van der Waals surface area contributed by atoms with Crippen LogP contribution in [0.4, 0.5) is 0 Å². The van der Waals surface area contributed by atoms with Gasteiger partial charge >= 0.3 is 0 Å². The van der Waals surface area contributed by atoms with Crippen LogP contribution in [0.2, 0.25) is 0 Å². The zero-order chi connectivity index (χ0) is 31.5. The molecule has 1 aliphatic carbocycles. The lowest BCUT2D eigenvalue weighted by atomic mass is 9.82. The third kappa shape index (κ3) is 4.44. The lowest BCUT2D eigenvalue weighted by Gasteiger charge is -2.25. The molecule has 0 saturated carbocycles. The largest absolute Gasteiger partial charge is 0.449 e. The fourth-order valence-corrected chi connectivity index (χ4v) is 7.01. The summed E-state index contributed by atoms with van der Waals surface area (Å²) in [5.74, 6) is 3.59. The monoisotopic (exact) mass is 606 g/mol. The van der Waals surface area contributed by atoms with Gasteiger partial charge in [-0.2, -0.15) is 0 Å². The Morgan fingerprint density at radius 2 is 1.09 bits per heavy atom. The van der Waals surface area contributed by atoms with Crippen LogP contribution >= 0.6 is 0 Å². The first kappa shape index (κ1) is 27.3. The smallest absolute Gasteiger partial charge is 0.178 e. The van der Waals surface area contributed by atoms with E-state index in [0.29, 0.717) is 17.3 Å². The molecule has 0 unspecified atom stereocenters. The molecule has 47 heavy (non-hydrogen) atoms. The van der Waals surface area contributed by atoms with Gasteiger partial charge in [0.15, 0.2) is 28.8 Å². The van der Waals surface area contributed by atoms with E-state index < -0.39 is 0 Å². The highest BCUT2D eigenvalue weighted by Crippen LogP contribution is 2.58. The van der Waals surface area contributed by atoms with Crippen LogP contribution in [0.15, 0.2) is 146 Å². The number of hydrogen-bond acceptors (Lipinski definition) is 4. The number of rotatable bonds is 4. The summed E-state index contributed by atoms with van der Waals surface area (Å²) in [7, 11) is 0. The van der Waals surface area contributed by atoms with Gasteiger partial charge in [0.2, 0.25) is 0 Å². The van der Waals surface area contributed by atoms with Crippen molar-refractivity contribution in [1.29, 1.82) is 0 Å². The van der Waals surface area contributed by atoms with Gasteiger partial charge in [0.05, 0.1) is 11.4 Å². The lowest BCUT2D eigenvalue weighted by molar-refractivity contribution is 0.360. The maximum Gasteiger partial charge on any atom is 0.178 e. The van der Waals surface area contributed by atoms with Crippen LogP contribution in [0.1, 0.15) is 25.0 Å². The molecule has 1 aliphatic heterocycles. The van der Waals surface area contributed by atoms with Gasteiger partial charge in [0.25, 0.3) is 0 Å². The second kappa shape index (κ2) is 10.5. The predicted molar refractivity (Wildman–Crippen MR) is 188 cm³/mol. The highest BCUT2D eigenvalue weighted by molar-refractivity contribution is 5.89. The van der Waals surface area contributed by atoms with Crippen molar-refractivity contribution in [2.75, 3.05) is 0 Å². The minimum atomic E-state index is -0.111. The highest BCUT2D eigenvalue weighted by Gasteiger charge is 2.39. The standard InChI is InChI=1S/C43H30N2O2/c1-43(2)33-20-12-11-19-32(33)40-34(43)22-24-38-41(40)47-37-23-21-29(25-39(37)46-38)30-17-9-10-18-31(30)36-26-35(27-13-5-3-6-14-27)44-42(45-36)28-15-7-4-8-16-28/h3-26H,1-2H3. The van der Waals surface area contributed by atoms with Crippen molar-refractivity contribution in [3.05, 3.63) is 157 Å². The summed E-state index contributed by atoms with van der Waals surface area (Å²) in [6.45, 7) is 4.54. The molecule has 0 bridgehead atoms. The predicted octanol–water partition coefficient (Wildman–Crippen LogP) is 11.3. The molecular formula is C43H30N2O2. The molecule has 9 rings (SSSR count). The molecule has 224 valence electrons. The quantitative estimate of drug-likeness (QED) is 0.200. The Bertz CT molecular complexity index is 2270. The summed E-state index contributed by atoms with van der Waals surface area (Å²) < 4.78 is 13.3. The Hall–Kier alpha value is -6.00. The molecule has 2 aliphatic rings. The van der Waals surface area contributed by atoms with E-state index in [1.807, 2.05) is 60.7 Å². The second-order valence-corrected chi connectivity index (χ2v) is 12.6. The second-order valence-electron chi connectivity index (χ2n) is 12.6. The maximum atomic E-state index is 6.66. The van der Waals surface area contributed by atoms with Crippen molar-refractivity contribution < 1.29 is 9.47 Å². The molecule has 0 saturated heterocycles. The molecular weight excluding hydrogens is 576 g/mol. The molecule has 0 radical (unpaired) electrons. The van der Waals surface area contributed by atoms with E-state index in [4.69, 9.17) is 19.4 Å². The SMILES string of the molecule is CC1(C)c2ccccc2-c2c1ccc1c2Oc2ccc(-c3ccccc3-c3cc(-c4ccccc4)nc(-c4ccccc4)n3)cc2O1. The van der Waals surface area contributed by atoms with E-state index in [2.05, 4.69) is 98.8 Å². The van der Waals surface area contributed by atoms with Gasteiger partial charge in [-0.1, -0.05) is 135 Å². The fraction of sp³-hybridized carbons (Fsp3) is 0.0698. The van der Waals surface area contributed by atoms with Crippen LogP contribution in [0, 0.1) is 0 Å². The summed E-state index contributed by atoms with van der Waals surface area (Å²) >= 11 is 0. The number of ether oxygens (including phenoxy) is 2. The van der Waals surface area contributed by atoms with Crippen LogP contribution in [-0.2, 0) is 5.41 Å². The Balaban J connectivity index is 1.13. The van der Waals surface area contributed by atoms with E-state index in [9.17, 15) is 0 Å². The van der Waals surface area contributed by atoms with Crippen LogP contribution in [-0.4, -0.2) is 9.97 Å². The highest BCUT2D eigenvalue weighted by atomic mass is 16.6. The number of benzene rings is 6. The summed E-state index contributed by atoms with van der Waals surface area (Å²) in [6, 6.07) is 49.9. The Kier molecular flexibility index (Phi) is 6.12. The van der Waals surface area contributed by atoms with Crippen molar-refractivity contribution in [1.82, 2.24) is 9.97 Å². The normalized spacial score (nSPS) is 13.4. The molecule has 0 fully saturated rings. The minimum absolute atomic E-state index is 0.111. The third-order valence-electron chi connectivity index (χ3n) is 9.38. The molecule has 4 nitrogen and oxygen atoms in total. The average molecular weight is 607 g/mol. The van der Waals surface area contributed by atoms with Crippen molar-refractivity contribution >= 4 is 0 Å². The molecule has 6 aromatic carbocycles. The summed E-state index contributed by atoms with van der Waals surface area (Å²) in [5, 5.41) is 0. The van der Waals surface area contributed by atoms with Gasteiger partial charge in [-0.25, -0.2) is 9.97 Å². The summed E-state index contributed by atoms with van der Waals surface area (Å²) in [5.41, 5.74) is 11.6. The summed E-state index contributed by atoms with van der Waals surface area (Å²) in [6.07, 6.45) is 0. The van der Waals surface area contributed by atoms with Crippen molar-refractivity contribution in [2.24, 2.45) is 0 Å².